The van der Waals surface area contributed by atoms with Crippen molar-refractivity contribution in [1.29, 1.82) is 0 Å². The second kappa shape index (κ2) is 7.46. The van der Waals surface area contributed by atoms with Crippen LogP contribution < -0.4 is 5.73 Å². The first-order chi connectivity index (χ1) is 8.55. The fraction of sp³-hybridized carbons (Fsp3) is 1.00. The van der Waals surface area contributed by atoms with Crippen molar-refractivity contribution in [3.8, 4) is 0 Å². The molecule has 0 bridgehead atoms. The van der Waals surface area contributed by atoms with Gasteiger partial charge in [-0.05, 0) is 37.6 Å². The molecule has 4 nitrogen and oxygen atoms in total. The Labute approximate surface area is 111 Å². The Morgan fingerprint density at radius 2 is 2.06 bits per heavy atom. The zero-order chi connectivity index (χ0) is 13.6. The summed E-state index contributed by atoms with van der Waals surface area (Å²) < 4.78 is 29.7. The Kier molecular flexibility index (Phi) is 6.60. The summed E-state index contributed by atoms with van der Waals surface area (Å²) >= 11 is 0. The molecule has 0 heterocycles. The third-order valence-electron chi connectivity index (χ3n) is 4.16. The number of sulfone groups is 1. The highest BCUT2D eigenvalue weighted by Crippen LogP contribution is 2.35. The number of nitrogens with two attached hydrogens (primary N) is 1. The lowest BCUT2D eigenvalue weighted by Gasteiger charge is -2.34. The quantitative estimate of drug-likeness (QED) is 0.718. The normalized spacial score (nSPS) is 29.4. The second-order valence-corrected chi connectivity index (χ2v) is 7.67. The van der Waals surface area contributed by atoms with Crippen LogP contribution in [0.5, 0.6) is 0 Å². The van der Waals surface area contributed by atoms with Crippen LogP contribution >= 0.6 is 0 Å². The third kappa shape index (κ3) is 4.21. The second-order valence-electron chi connectivity index (χ2n) is 5.33. The molecule has 1 aliphatic carbocycles. The van der Waals surface area contributed by atoms with Gasteiger partial charge in [-0.1, -0.05) is 19.8 Å². The van der Waals surface area contributed by atoms with Gasteiger partial charge >= 0.3 is 0 Å². The van der Waals surface area contributed by atoms with E-state index in [0.717, 1.165) is 25.7 Å². The predicted octanol–water partition coefficient (Wildman–Crippen LogP) is 1.59. The molecule has 0 radical (unpaired) electrons. The molecule has 1 rings (SSSR count). The summed E-state index contributed by atoms with van der Waals surface area (Å²) in [6.45, 7) is 3.14. The molecular formula is C13H27NO3S. The van der Waals surface area contributed by atoms with E-state index >= 15 is 0 Å². The first kappa shape index (κ1) is 15.9. The first-order valence-electron chi connectivity index (χ1n) is 6.95. The Morgan fingerprint density at radius 1 is 1.33 bits per heavy atom. The van der Waals surface area contributed by atoms with E-state index in [4.69, 9.17) is 10.5 Å². The number of methoxy groups -OCH3 is 1. The van der Waals surface area contributed by atoms with Crippen molar-refractivity contribution >= 4 is 9.84 Å². The lowest BCUT2D eigenvalue weighted by molar-refractivity contribution is 0.199. The molecule has 3 unspecified atom stereocenters. The van der Waals surface area contributed by atoms with E-state index in [1.54, 1.807) is 7.11 Å². The molecule has 18 heavy (non-hydrogen) atoms. The molecule has 1 saturated carbocycles. The smallest absolute Gasteiger partial charge is 0.153 e. The summed E-state index contributed by atoms with van der Waals surface area (Å²) in [4.78, 5) is 0. The van der Waals surface area contributed by atoms with Gasteiger partial charge in [0.05, 0.1) is 11.0 Å². The number of hydrogen-bond donors (Lipinski definition) is 1. The summed E-state index contributed by atoms with van der Waals surface area (Å²) in [5, 5.41) is -0.224. The third-order valence-corrected chi connectivity index (χ3v) is 6.51. The molecular weight excluding hydrogens is 250 g/mol. The van der Waals surface area contributed by atoms with Crippen molar-refractivity contribution in [3.05, 3.63) is 0 Å². The minimum absolute atomic E-state index is 0.153. The van der Waals surface area contributed by atoms with Gasteiger partial charge in [0.25, 0.3) is 0 Å². The Morgan fingerprint density at radius 3 is 2.61 bits per heavy atom. The van der Waals surface area contributed by atoms with Gasteiger partial charge < -0.3 is 10.5 Å². The summed E-state index contributed by atoms with van der Waals surface area (Å²) in [6, 6.07) is 0. The van der Waals surface area contributed by atoms with Gasteiger partial charge in [0.1, 0.15) is 0 Å². The molecule has 5 heteroatoms. The van der Waals surface area contributed by atoms with E-state index in [1.807, 2.05) is 0 Å². The van der Waals surface area contributed by atoms with Gasteiger partial charge in [-0.15, -0.1) is 0 Å². The van der Waals surface area contributed by atoms with Crippen LogP contribution in [0.2, 0.25) is 0 Å². The number of ether oxygens (including phenoxy) is 1. The Balaban J connectivity index is 2.68. The molecule has 0 aromatic carbocycles. The lowest BCUT2D eigenvalue weighted by Crippen LogP contribution is -2.41. The SMILES string of the molecule is CCC1CCC(CN)C(S(=O)(=O)CCCOC)C1. The van der Waals surface area contributed by atoms with E-state index < -0.39 is 9.84 Å². The van der Waals surface area contributed by atoms with Crippen LogP contribution in [-0.4, -0.2) is 39.7 Å². The minimum Gasteiger partial charge on any atom is -0.385 e. The average molecular weight is 277 g/mol. The molecule has 108 valence electrons. The zero-order valence-electron chi connectivity index (χ0n) is 11.6. The molecule has 0 aromatic rings. The largest absolute Gasteiger partial charge is 0.385 e. The van der Waals surface area contributed by atoms with Crippen LogP contribution in [-0.2, 0) is 14.6 Å². The van der Waals surface area contributed by atoms with E-state index in [-0.39, 0.29) is 16.9 Å². The van der Waals surface area contributed by atoms with Crippen molar-refractivity contribution in [3.63, 3.8) is 0 Å². The van der Waals surface area contributed by atoms with Crippen LogP contribution in [0.15, 0.2) is 0 Å². The summed E-state index contributed by atoms with van der Waals surface area (Å²) in [5.41, 5.74) is 5.74. The summed E-state index contributed by atoms with van der Waals surface area (Å²) in [7, 11) is -1.42. The van der Waals surface area contributed by atoms with Crippen LogP contribution in [0.1, 0.15) is 39.0 Å². The standard InChI is InChI=1S/C13H27NO3S/c1-3-11-5-6-12(10-14)13(9-11)18(15,16)8-4-7-17-2/h11-13H,3-10,14H2,1-2H3. The average Bonchev–Trinajstić information content (AvgIpc) is 2.38. The summed E-state index contributed by atoms with van der Waals surface area (Å²) in [5.74, 6) is 0.939. The molecule has 0 amide bonds. The highest BCUT2D eigenvalue weighted by Gasteiger charge is 2.37. The number of hydrogen-bond acceptors (Lipinski definition) is 4. The Bertz CT molecular complexity index is 329. The first-order valence-corrected chi connectivity index (χ1v) is 8.67. The lowest BCUT2D eigenvalue weighted by atomic mass is 9.80. The summed E-state index contributed by atoms with van der Waals surface area (Å²) in [6.07, 6.45) is 4.55. The van der Waals surface area contributed by atoms with Gasteiger partial charge in [-0.3, -0.25) is 0 Å². The van der Waals surface area contributed by atoms with Crippen LogP contribution in [0.4, 0.5) is 0 Å². The van der Waals surface area contributed by atoms with Crippen LogP contribution in [0.25, 0.3) is 0 Å². The minimum atomic E-state index is -3.02. The number of rotatable bonds is 7. The van der Waals surface area contributed by atoms with Gasteiger partial charge in [0.15, 0.2) is 9.84 Å². The van der Waals surface area contributed by atoms with E-state index in [0.29, 0.717) is 25.5 Å². The molecule has 1 aliphatic rings. The maximum Gasteiger partial charge on any atom is 0.153 e. The Hall–Kier alpha value is -0.130. The van der Waals surface area contributed by atoms with Crippen molar-refractivity contribution in [2.75, 3.05) is 26.0 Å². The van der Waals surface area contributed by atoms with Gasteiger partial charge in [0.2, 0.25) is 0 Å². The maximum absolute atomic E-state index is 12.4. The van der Waals surface area contributed by atoms with Gasteiger partial charge in [-0.25, -0.2) is 8.42 Å². The van der Waals surface area contributed by atoms with E-state index in [9.17, 15) is 8.42 Å². The topological polar surface area (TPSA) is 69.4 Å². The van der Waals surface area contributed by atoms with E-state index in [2.05, 4.69) is 6.92 Å². The monoisotopic (exact) mass is 277 g/mol. The van der Waals surface area contributed by atoms with Crippen LogP contribution in [0.3, 0.4) is 0 Å². The molecule has 0 aliphatic heterocycles. The van der Waals surface area contributed by atoms with Crippen molar-refractivity contribution in [2.24, 2.45) is 17.6 Å². The van der Waals surface area contributed by atoms with Gasteiger partial charge in [-0.2, -0.15) is 0 Å². The fourth-order valence-electron chi connectivity index (χ4n) is 2.91. The van der Waals surface area contributed by atoms with Crippen molar-refractivity contribution in [2.45, 2.75) is 44.3 Å². The zero-order valence-corrected chi connectivity index (χ0v) is 12.4. The van der Waals surface area contributed by atoms with E-state index in [1.165, 1.54) is 0 Å². The van der Waals surface area contributed by atoms with Gasteiger partial charge in [0, 0.05) is 13.7 Å². The molecule has 3 atom stereocenters. The highest BCUT2D eigenvalue weighted by atomic mass is 32.2. The van der Waals surface area contributed by atoms with Crippen molar-refractivity contribution < 1.29 is 13.2 Å². The maximum atomic E-state index is 12.4. The molecule has 0 spiro atoms. The van der Waals surface area contributed by atoms with Crippen LogP contribution in [0, 0.1) is 11.8 Å². The molecule has 0 saturated heterocycles. The molecule has 0 aromatic heterocycles. The highest BCUT2D eigenvalue weighted by molar-refractivity contribution is 7.92. The fourth-order valence-corrected chi connectivity index (χ4v) is 5.13. The van der Waals surface area contributed by atoms with Crippen molar-refractivity contribution in [1.82, 2.24) is 0 Å². The molecule has 2 N–H and O–H groups in total. The molecule has 1 fully saturated rings. The predicted molar refractivity (Wildman–Crippen MR) is 74.2 cm³/mol.